The van der Waals surface area contributed by atoms with Crippen molar-refractivity contribution in [3.63, 3.8) is 0 Å². The van der Waals surface area contributed by atoms with Gasteiger partial charge in [-0.2, -0.15) is 0 Å². The Morgan fingerprint density at radius 1 is 0.694 bits per heavy atom. The number of aliphatic hydroxyl groups excluding tert-OH is 4. The summed E-state index contributed by atoms with van der Waals surface area (Å²) in [7, 11) is 2.40. The molecule has 0 radical (unpaired) electrons. The van der Waals surface area contributed by atoms with E-state index in [4.69, 9.17) is 33.2 Å². The Balaban J connectivity index is 1.64. The van der Waals surface area contributed by atoms with Gasteiger partial charge < -0.3 is 53.6 Å². The van der Waals surface area contributed by atoms with Crippen LogP contribution in [0.15, 0.2) is 91.0 Å². The first-order chi connectivity index (χ1) is 23.7. The van der Waals surface area contributed by atoms with Crippen LogP contribution in [0, 0.1) is 0 Å². The van der Waals surface area contributed by atoms with Crippen molar-refractivity contribution < 1.29 is 68.0 Å². The quantitative estimate of drug-likeness (QED) is 0.164. The summed E-state index contributed by atoms with van der Waals surface area (Å²) in [4.78, 5) is 40.3. The molecular formula is C35H38O14. The van der Waals surface area contributed by atoms with E-state index in [1.165, 1.54) is 43.5 Å². The van der Waals surface area contributed by atoms with E-state index in [0.29, 0.717) is 0 Å². The van der Waals surface area contributed by atoms with Gasteiger partial charge in [-0.3, -0.25) is 0 Å². The van der Waals surface area contributed by atoms with Crippen LogP contribution in [-0.2, 0) is 33.2 Å². The van der Waals surface area contributed by atoms with Crippen LogP contribution in [0.5, 0.6) is 0 Å². The Labute approximate surface area is 281 Å². The second-order valence-corrected chi connectivity index (χ2v) is 11.4. The Morgan fingerprint density at radius 3 is 1.69 bits per heavy atom. The predicted molar refractivity (Wildman–Crippen MR) is 167 cm³/mol. The predicted octanol–water partition coefficient (Wildman–Crippen LogP) is 0.894. The molecule has 3 aromatic carbocycles. The van der Waals surface area contributed by atoms with Crippen molar-refractivity contribution in [3.8, 4) is 0 Å². The van der Waals surface area contributed by atoms with Crippen LogP contribution in [0.3, 0.4) is 0 Å². The summed E-state index contributed by atoms with van der Waals surface area (Å²) >= 11 is 0. The SMILES string of the molecule is CO[C@H]1O[C@H](COC(=O)c2ccccc2)[C@@](OC)([C@@H]2O[C@H](CO)[C@H](O)[C@H](O)[C@H]2O)[C@H](OC(=O)c2ccccc2)[C@H]1OC(=O)c1ccccc1. The Bertz CT molecular complexity index is 1540. The molecule has 0 spiro atoms. The van der Waals surface area contributed by atoms with Crippen LogP contribution in [0.25, 0.3) is 0 Å². The molecule has 10 atom stereocenters. The van der Waals surface area contributed by atoms with E-state index in [1.54, 1.807) is 54.6 Å². The minimum atomic E-state index is -2.29. The molecule has 262 valence electrons. The maximum Gasteiger partial charge on any atom is 0.338 e. The Kier molecular flexibility index (Phi) is 11.7. The van der Waals surface area contributed by atoms with Gasteiger partial charge in [-0.25, -0.2) is 14.4 Å². The van der Waals surface area contributed by atoms with Crippen LogP contribution < -0.4 is 0 Å². The molecule has 14 heteroatoms. The van der Waals surface area contributed by atoms with Crippen molar-refractivity contribution >= 4 is 17.9 Å². The normalized spacial score (nSPS) is 31.3. The molecule has 49 heavy (non-hydrogen) atoms. The maximum absolute atomic E-state index is 13.8. The van der Waals surface area contributed by atoms with Gasteiger partial charge in [-0.15, -0.1) is 0 Å². The van der Waals surface area contributed by atoms with E-state index in [2.05, 4.69) is 0 Å². The zero-order valence-electron chi connectivity index (χ0n) is 26.6. The summed E-state index contributed by atoms with van der Waals surface area (Å²) in [6.07, 6.45) is -15.3. The van der Waals surface area contributed by atoms with E-state index in [1.807, 2.05) is 0 Å². The molecule has 2 aliphatic heterocycles. The van der Waals surface area contributed by atoms with Gasteiger partial charge in [0.1, 0.15) is 43.2 Å². The minimum absolute atomic E-state index is 0.0851. The zero-order valence-corrected chi connectivity index (χ0v) is 26.6. The fourth-order valence-corrected chi connectivity index (χ4v) is 6.08. The number of carbonyl (C=O) groups is 3. The van der Waals surface area contributed by atoms with Crippen molar-refractivity contribution in [2.75, 3.05) is 27.4 Å². The number of benzene rings is 3. The van der Waals surface area contributed by atoms with Gasteiger partial charge >= 0.3 is 17.9 Å². The molecule has 0 unspecified atom stereocenters. The maximum atomic E-state index is 13.8. The number of aliphatic hydroxyl groups is 4. The first-order valence-electron chi connectivity index (χ1n) is 15.4. The van der Waals surface area contributed by atoms with Gasteiger partial charge in [0.05, 0.1) is 23.3 Å². The van der Waals surface area contributed by atoms with Gasteiger partial charge in [0.15, 0.2) is 24.1 Å². The van der Waals surface area contributed by atoms with Gasteiger partial charge in [0.2, 0.25) is 0 Å². The first kappa shape index (κ1) is 36.0. The van der Waals surface area contributed by atoms with Gasteiger partial charge in [-0.1, -0.05) is 54.6 Å². The fourth-order valence-electron chi connectivity index (χ4n) is 6.08. The number of esters is 3. The van der Waals surface area contributed by atoms with Crippen molar-refractivity contribution in [1.29, 1.82) is 0 Å². The molecule has 0 saturated carbocycles. The van der Waals surface area contributed by atoms with E-state index >= 15 is 0 Å². The lowest BCUT2D eigenvalue weighted by molar-refractivity contribution is -0.372. The second-order valence-electron chi connectivity index (χ2n) is 11.4. The summed E-state index contributed by atoms with van der Waals surface area (Å²) < 4.78 is 41.5. The number of carbonyl (C=O) groups excluding carboxylic acids is 3. The largest absolute Gasteiger partial charge is 0.459 e. The lowest BCUT2D eigenvalue weighted by atomic mass is 9.74. The third-order valence-corrected chi connectivity index (χ3v) is 8.61. The lowest BCUT2D eigenvalue weighted by Crippen LogP contribution is -2.78. The lowest BCUT2D eigenvalue weighted by Gasteiger charge is -2.57. The van der Waals surface area contributed by atoms with E-state index < -0.39 is 91.8 Å². The van der Waals surface area contributed by atoms with Crippen LogP contribution in [0.4, 0.5) is 0 Å². The van der Waals surface area contributed by atoms with Crippen LogP contribution in [0.1, 0.15) is 31.1 Å². The average molecular weight is 683 g/mol. The van der Waals surface area contributed by atoms with Crippen LogP contribution >= 0.6 is 0 Å². The number of hydrogen-bond acceptors (Lipinski definition) is 14. The molecule has 2 heterocycles. The molecule has 5 rings (SSSR count). The highest BCUT2D eigenvalue weighted by Crippen LogP contribution is 2.44. The molecule has 2 aliphatic rings. The number of methoxy groups -OCH3 is 2. The van der Waals surface area contributed by atoms with E-state index in [9.17, 15) is 34.8 Å². The molecule has 2 saturated heterocycles. The number of hydrogen-bond donors (Lipinski definition) is 4. The highest BCUT2D eigenvalue weighted by molar-refractivity contribution is 5.91. The van der Waals surface area contributed by atoms with Crippen molar-refractivity contribution in [1.82, 2.24) is 0 Å². The second kappa shape index (κ2) is 16.0. The molecule has 0 bridgehead atoms. The number of ether oxygens (including phenoxy) is 7. The van der Waals surface area contributed by atoms with Gasteiger partial charge in [-0.05, 0) is 36.4 Å². The summed E-state index contributed by atoms with van der Waals surface area (Å²) in [5, 5.41) is 43.0. The van der Waals surface area contributed by atoms with Crippen molar-refractivity contribution in [2.24, 2.45) is 0 Å². The zero-order chi connectivity index (χ0) is 35.1. The summed E-state index contributed by atoms with van der Waals surface area (Å²) in [5.41, 5.74) is -1.88. The summed E-state index contributed by atoms with van der Waals surface area (Å²) in [6, 6.07) is 23.7. The van der Waals surface area contributed by atoms with E-state index in [0.717, 1.165) is 7.11 Å². The molecule has 3 aromatic rings. The Morgan fingerprint density at radius 2 is 1.20 bits per heavy atom. The third kappa shape index (κ3) is 7.37. The average Bonchev–Trinajstić information content (AvgIpc) is 3.14. The molecule has 0 aromatic heterocycles. The molecule has 14 nitrogen and oxygen atoms in total. The highest BCUT2D eigenvalue weighted by atomic mass is 16.7. The summed E-state index contributed by atoms with van der Waals surface area (Å²) in [5.74, 6) is -2.56. The summed E-state index contributed by atoms with van der Waals surface area (Å²) in [6.45, 7) is -1.44. The molecular weight excluding hydrogens is 644 g/mol. The van der Waals surface area contributed by atoms with Crippen molar-refractivity contribution in [3.05, 3.63) is 108 Å². The minimum Gasteiger partial charge on any atom is -0.459 e. The highest BCUT2D eigenvalue weighted by Gasteiger charge is 2.68. The van der Waals surface area contributed by atoms with Gasteiger partial charge in [0.25, 0.3) is 0 Å². The van der Waals surface area contributed by atoms with Crippen molar-refractivity contribution in [2.45, 2.75) is 60.7 Å². The molecule has 0 aliphatic carbocycles. The Hall–Kier alpha value is -4.25. The third-order valence-electron chi connectivity index (χ3n) is 8.61. The fraction of sp³-hybridized carbons (Fsp3) is 0.400. The van der Waals surface area contributed by atoms with Gasteiger partial charge in [0, 0.05) is 14.2 Å². The van der Waals surface area contributed by atoms with E-state index in [-0.39, 0.29) is 16.7 Å². The molecule has 4 N–H and O–H groups in total. The smallest absolute Gasteiger partial charge is 0.338 e. The monoisotopic (exact) mass is 682 g/mol. The van der Waals surface area contributed by atoms with Crippen LogP contribution in [-0.4, -0.2) is 126 Å². The number of rotatable bonds is 11. The first-order valence-corrected chi connectivity index (χ1v) is 15.4. The van der Waals surface area contributed by atoms with Crippen LogP contribution in [0.2, 0.25) is 0 Å². The molecule has 0 amide bonds. The molecule has 2 fully saturated rings. The topological polar surface area (TPSA) is 197 Å². The standard InChI is InChI=1S/C35H38O14/c1-43-34-28(48-32(41)21-14-8-4-9-15-21)30(49-33(42)22-16-10-5-11-17-22)35(44-2,29-27(39)26(38)25(37)23(18-36)46-29)24(47-34)19-45-31(40)20-12-6-3-7-13-20/h3-17,23-30,34,36-39H,18-19H2,1-2H3/t23-,24-,25+,26+,27-,28-,29-,30-,34+,35-/m1/s1.